The van der Waals surface area contributed by atoms with E-state index < -0.39 is 61.4 Å². The van der Waals surface area contributed by atoms with Gasteiger partial charge in [-0.2, -0.15) is 0 Å². The first-order chi connectivity index (χ1) is 10.6. The quantitative estimate of drug-likeness (QED) is 0.322. The summed E-state index contributed by atoms with van der Waals surface area (Å²) in [5.74, 6) is -7.20. The fraction of sp³-hybridized carbons (Fsp3) is 0.714. The Balaban J connectivity index is 4.84. The molecule has 0 aliphatic rings. The number of rotatable bonds is 13. The maximum absolute atomic E-state index is 10.7. The lowest BCUT2D eigenvalue weighted by molar-refractivity contribution is -0.312. The van der Waals surface area contributed by atoms with Crippen LogP contribution in [-0.4, -0.2) is 48.4 Å². The van der Waals surface area contributed by atoms with E-state index in [4.69, 9.17) is 0 Å². The second-order valence-corrected chi connectivity index (χ2v) is 5.39. The minimum Gasteiger partial charge on any atom is -0.550 e. The molecule has 0 aromatic heterocycles. The molecule has 9 nitrogen and oxygen atoms in total. The van der Waals surface area contributed by atoms with Gasteiger partial charge in [-0.05, 0) is 44.1 Å². The molecule has 0 unspecified atom stereocenters. The van der Waals surface area contributed by atoms with Crippen LogP contribution in [-0.2, 0) is 19.2 Å². The summed E-state index contributed by atoms with van der Waals surface area (Å²) in [7, 11) is 0. The third-order valence-corrected chi connectivity index (χ3v) is 3.30. The van der Waals surface area contributed by atoms with Gasteiger partial charge in [0.25, 0.3) is 0 Å². The number of hydrogen-bond acceptors (Lipinski definition) is 9. The van der Waals surface area contributed by atoms with Crippen LogP contribution in [0.15, 0.2) is 0 Å². The zero-order valence-electron chi connectivity index (χ0n) is 12.8. The summed E-state index contributed by atoms with van der Waals surface area (Å²) < 4.78 is 0. The van der Waals surface area contributed by atoms with Gasteiger partial charge in [0.2, 0.25) is 0 Å². The summed E-state index contributed by atoms with van der Waals surface area (Å²) in [6.45, 7) is 2.13. The summed E-state index contributed by atoms with van der Waals surface area (Å²) in [6.07, 6.45) is -1.96. The molecule has 0 saturated carbocycles. The van der Waals surface area contributed by atoms with Gasteiger partial charge < -0.3 is 44.5 Å². The number of carbonyl (C=O) groups excluding carboxylic acids is 4. The fourth-order valence-corrected chi connectivity index (χ4v) is 2.41. The van der Waals surface area contributed by atoms with Gasteiger partial charge in [-0.15, -0.1) is 0 Å². The standard InChI is InChI=1S/C14H23NO8/c1-2-15(7-9(3-11(16)17)4-12(18)19)8-10(5-13(20)21)6-14(22)23/h9-10H,2-8H2,1H3,(H,16,17)(H,18,19)(H,20,21)(H,22,23)/p-4. The lowest BCUT2D eigenvalue weighted by atomic mass is 9.97. The van der Waals surface area contributed by atoms with Crippen LogP contribution in [0.1, 0.15) is 32.6 Å². The smallest absolute Gasteiger partial charge is 0.0417 e. The van der Waals surface area contributed by atoms with Gasteiger partial charge in [-0.25, -0.2) is 0 Å². The lowest BCUT2D eigenvalue weighted by Gasteiger charge is -2.31. The molecule has 0 saturated heterocycles. The molecule has 23 heavy (non-hydrogen) atoms. The van der Waals surface area contributed by atoms with Gasteiger partial charge in [0, 0.05) is 37.0 Å². The molecule has 0 N–H and O–H groups in total. The monoisotopic (exact) mass is 329 g/mol. The predicted molar refractivity (Wildman–Crippen MR) is 67.6 cm³/mol. The molecular formula is C14H19NO8-4. The van der Waals surface area contributed by atoms with Crippen molar-refractivity contribution < 1.29 is 39.6 Å². The molecule has 0 heterocycles. The SMILES string of the molecule is CCN(CC(CC(=O)[O-])CC(=O)[O-])CC(CC(=O)[O-])CC(=O)[O-]. The van der Waals surface area contributed by atoms with Crippen molar-refractivity contribution >= 4 is 23.9 Å². The molecule has 0 rings (SSSR count). The maximum atomic E-state index is 10.7. The van der Waals surface area contributed by atoms with E-state index in [-0.39, 0.29) is 13.1 Å². The largest absolute Gasteiger partial charge is 0.550 e. The molecule has 0 spiro atoms. The Morgan fingerprint density at radius 2 is 0.957 bits per heavy atom. The number of carbonyl (C=O) groups is 4. The molecule has 0 fully saturated rings. The normalized spacial score (nSPS) is 11.1. The summed E-state index contributed by atoms with van der Waals surface area (Å²) in [6, 6.07) is 0. The number of nitrogens with zero attached hydrogens (tertiary/aromatic N) is 1. The molecule has 0 amide bonds. The van der Waals surface area contributed by atoms with Crippen molar-refractivity contribution in [2.45, 2.75) is 32.6 Å². The highest BCUT2D eigenvalue weighted by molar-refractivity contribution is 5.69. The van der Waals surface area contributed by atoms with Crippen molar-refractivity contribution in [3.8, 4) is 0 Å². The van der Waals surface area contributed by atoms with Crippen molar-refractivity contribution in [2.75, 3.05) is 19.6 Å². The number of aliphatic carboxylic acids is 4. The summed E-state index contributed by atoms with van der Waals surface area (Å²) >= 11 is 0. The first kappa shape index (κ1) is 20.8. The molecule has 0 aromatic carbocycles. The molecular weight excluding hydrogens is 310 g/mol. The van der Waals surface area contributed by atoms with Crippen LogP contribution in [0.2, 0.25) is 0 Å². The van der Waals surface area contributed by atoms with Crippen molar-refractivity contribution in [2.24, 2.45) is 11.8 Å². The minimum absolute atomic E-state index is 0.0368. The average molecular weight is 329 g/mol. The third kappa shape index (κ3) is 11.1. The first-order valence-corrected chi connectivity index (χ1v) is 7.15. The molecule has 0 aliphatic carbocycles. The second kappa shape index (κ2) is 10.5. The average Bonchev–Trinajstić information content (AvgIpc) is 2.34. The number of carboxylic acid groups (broad SMARTS) is 4. The molecule has 0 aromatic rings. The Labute approximate surface area is 133 Å². The second-order valence-electron chi connectivity index (χ2n) is 5.39. The van der Waals surface area contributed by atoms with Crippen molar-refractivity contribution in [1.29, 1.82) is 0 Å². The topological polar surface area (TPSA) is 164 Å². The van der Waals surface area contributed by atoms with Crippen molar-refractivity contribution in [3.63, 3.8) is 0 Å². The Bertz CT molecular complexity index is 366. The van der Waals surface area contributed by atoms with Crippen molar-refractivity contribution in [1.82, 2.24) is 4.90 Å². The number of hydrogen-bond donors (Lipinski definition) is 0. The van der Waals surface area contributed by atoms with Crippen molar-refractivity contribution in [3.05, 3.63) is 0 Å². The molecule has 0 atom stereocenters. The van der Waals surface area contributed by atoms with E-state index in [1.807, 2.05) is 0 Å². The highest BCUT2D eigenvalue weighted by Crippen LogP contribution is 2.15. The van der Waals surface area contributed by atoms with E-state index in [9.17, 15) is 39.6 Å². The van der Waals surface area contributed by atoms with E-state index >= 15 is 0 Å². The first-order valence-electron chi connectivity index (χ1n) is 7.15. The minimum atomic E-state index is -1.41. The van der Waals surface area contributed by atoms with E-state index in [1.165, 1.54) is 0 Å². The van der Waals surface area contributed by atoms with Gasteiger partial charge in [0.15, 0.2) is 0 Å². The van der Waals surface area contributed by atoms with Gasteiger partial charge in [-0.3, -0.25) is 0 Å². The number of carboxylic acids is 4. The third-order valence-electron chi connectivity index (χ3n) is 3.30. The Kier molecular flexibility index (Phi) is 9.56. The van der Waals surface area contributed by atoms with E-state index in [0.29, 0.717) is 6.54 Å². The van der Waals surface area contributed by atoms with Gasteiger partial charge >= 0.3 is 0 Å². The zero-order valence-corrected chi connectivity index (χ0v) is 12.8. The van der Waals surface area contributed by atoms with Gasteiger partial charge in [0.1, 0.15) is 0 Å². The van der Waals surface area contributed by atoms with Gasteiger partial charge in [-0.1, -0.05) is 6.92 Å². The summed E-state index contributed by atoms with van der Waals surface area (Å²) in [5.41, 5.74) is 0. The van der Waals surface area contributed by atoms with E-state index in [2.05, 4.69) is 0 Å². The van der Waals surface area contributed by atoms with E-state index in [1.54, 1.807) is 11.8 Å². The van der Waals surface area contributed by atoms with Crippen LogP contribution in [0.25, 0.3) is 0 Å². The van der Waals surface area contributed by atoms with Crippen LogP contribution in [0.5, 0.6) is 0 Å². The van der Waals surface area contributed by atoms with Crippen LogP contribution >= 0.6 is 0 Å². The highest BCUT2D eigenvalue weighted by Gasteiger charge is 2.18. The Hall–Kier alpha value is -2.16. The molecule has 132 valence electrons. The summed E-state index contributed by atoms with van der Waals surface area (Å²) in [4.78, 5) is 44.2. The molecule has 0 aliphatic heterocycles. The van der Waals surface area contributed by atoms with Crippen LogP contribution in [0, 0.1) is 11.8 Å². The predicted octanol–water partition coefficient (Wildman–Crippen LogP) is -4.90. The fourth-order valence-electron chi connectivity index (χ4n) is 2.41. The van der Waals surface area contributed by atoms with Crippen LogP contribution < -0.4 is 20.4 Å². The Morgan fingerprint density at radius 3 is 1.13 bits per heavy atom. The van der Waals surface area contributed by atoms with Gasteiger partial charge in [0.05, 0.1) is 0 Å². The lowest BCUT2D eigenvalue weighted by Crippen LogP contribution is -2.41. The maximum Gasteiger partial charge on any atom is 0.0417 e. The Morgan fingerprint density at radius 1 is 0.696 bits per heavy atom. The van der Waals surface area contributed by atoms with Crippen LogP contribution in [0.3, 0.4) is 0 Å². The summed E-state index contributed by atoms with van der Waals surface area (Å²) in [5, 5.41) is 42.6. The van der Waals surface area contributed by atoms with E-state index in [0.717, 1.165) is 0 Å². The molecule has 0 bridgehead atoms. The van der Waals surface area contributed by atoms with Crippen LogP contribution in [0.4, 0.5) is 0 Å². The zero-order chi connectivity index (χ0) is 18.0. The molecule has 0 radical (unpaired) electrons. The molecule has 9 heteroatoms. The highest BCUT2D eigenvalue weighted by atomic mass is 16.4.